The first-order valence-corrected chi connectivity index (χ1v) is 8.40. The summed E-state index contributed by atoms with van der Waals surface area (Å²) in [7, 11) is 1.68. The van der Waals surface area contributed by atoms with Gasteiger partial charge in [-0.25, -0.2) is 0 Å². The molecule has 1 atom stereocenters. The Balaban J connectivity index is 1.43. The molecule has 0 N–H and O–H groups in total. The van der Waals surface area contributed by atoms with Gasteiger partial charge in [-0.2, -0.15) is 0 Å². The zero-order valence-electron chi connectivity index (χ0n) is 13.9. The van der Waals surface area contributed by atoms with Gasteiger partial charge in [-0.15, -0.1) is 0 Å². The molecule has 0 aliphatic carbocycles. The lowest BCUT2D eigenvalue weighted by Gasteiger charge is -2.36. The molecule has 0 unspecified atom stereocenters. The maximum atomic E-state index is 12.0. The zero-order chi connectivity index (χ0) is 16.1. The minimum absolute atomic E-state index is 0.279. The monoisotopic (exact) mass is 318 g/mol. The van der Waals surface area contributed by atoms with Crippen LogP contribution < -0.4 is 4.90 Å². The number of piperazine rings is 1. The van der Waals surface area contributed by atoms with Crippen molar-refractivity contribution in [3.8, 4) is 0 Å². The van der Waals surface area contributed by atoms with Crippen molar-refractivity contribution < 1.29 is 9.53 Å². The molecule has 0 saturated carbocycles. The van der Waals surface area contributed by atoms with E-state index in [4.69, 9.17) is 4.74 Å². The molecule has 3 heterocycles. The number of hydrogen-bond acceptors (Lipinski definition) is 5. The van der Waals surface area contributed by atoms with Gasteiger partial charge in [0, 0.05) is 65.5 Å². The Hall–Kier alpha value is -1.66. The van der Waals surface area contributed by atoms with Crippen molar-refractivity contribution in [1.29, 1.82) is 0 Å². The highest BCUT2D eigenvalue weighted by Gasteiger charge is 2.31. The van der Waals surface area contributed by atoms with E-state index in [9.17, 15) is 4.79 Å². The summed E-state index contributed by atoms with van der Waals surface area (Å²) in [6, 6.07) is 4.10. The molecule has 3 rings (SSSR count). The lowest BCUT2D eigenvalue weighted by atomic mass is 10.1. The quantitative estimate of drug-likeness (QED) is 0.773. The van der Waals surface area contributed by atoms with Gasteiger partial charge in [0.2, 0.25) is 5.91 Å². The topological polar surface area (TPSA) is 48.9 Å². The van der Waals surface area contributed by atoms with Crippen LogP contribution in [0.4, 0.5) is 5.69 Å². The Labute approximate surface area is 138 Å². The van der Waals surface area contributed by atoms with Crippen molar-refractivity contribution in [2.24, 2.45) is 5.92 Å². The standard InChI is InChI=1S/C17H26N4O2/c1-23-10-9-21-14-15(11-17(21)22)13-19-5-7-20(8-6-19)16-3-2-4-18-12-16/h2-4,12,15H,5-11,13-14H2,1H3/t15-/m1/s1. The molecule has 23 heavy (non-hydrogen) atoms. The highest BCUT2D eigenvalue weighted by molar-refractivity contribution is 5.78. The summed E-state index contributed by atoms with van der Waals surface area (Å²) in [5, 5.41) is 0. The number of carbonyl (C=O) groups is 1. The number of carbonyl (C=O) groups excluding carboxylic acids is 1. The molecule has 2 aliphatic heterocycles. The van der Waals surface area contributed by atoms with Crippen molar-refractivity contribution in [2.75, 3.05) is 64.4 Å². The lowest BCUT2D eigenvalue weighted by Crippen LogP contribution is -2.48. The first-order valence-electron chi connectivity index (χ1n) is 8.40. The molecule has 1 amide bonds. The molecule has 0 spiro atoms. The van der Waals surface area contributed by atoms with E-state index < -0.39 is 0 Å². The van der Waals surface area contributed by atoms with Crippen molar-refractivity contribution in [1.82, 2.24) is 14.8 Å². The van der Waals surface area contributed by atoms with Gasteiger partial charge in [0.05, 0.1) is 18.5 Å². The third kappa shape index (κ3) is 4.20. The molecule has 6 nitrogen and oxygen atoms in total. The molecular formula is C17H26N4O2. The molecule has 2 aliphatic rings. The summed E-state index contributed by atoms with van der Waals surface area (Å²) < 4.78 is 5.08. The van der Waals surface area contributed by atoms with Crippen LogP contribution in [0.2, 0.25) is 0 Å². The predicted molar refractivity (Wildman–Crippen MR) is 89.5 cm³/mol. The SMILES string of the molecule is COCCN1C[C@@H](CN2CCN(c3cccnc3)CC2)CC1=O. The van der Waals surface area contributed by atoms with Crippen LogP contribution in [0.15, 0.2) is 24.5 Å². The van der Waals surface area contributed by atoms with Crippen LogP contribution in [-0.2, 0) is 9.53 Å². The maximum Gasteiger partial charge on any atom is 0.223 e. The summed E-state index contributed by atoms with van der Waals surface area (Å²) in [5.74, 6) is 0.741. The van der Waals surface area contributed by atoms with Crippen LogP contribution in [-0.4, -0.2) is 80.2 Å². The fourth-order valence-electron chi connectivity index (χ4n) is 3.49. The number of rotatable bonds is 6. The molecule has 2 fully saturated rings. The summed E-state index contributed by atoms with van der Waals surface area (Å²) in [4.78, 5) is 23.0. The normalized spacial score (nSPS) is 22.8. The van der Waals surface area contributed by atoms with Gasteiger partial charge in [0.15, 0.2) is 0 Å². The molecule has 0 aromatic carbocycles. The molecule has 1 aromatic heterocycles. The highest BCUT2D eigenvalue weighted by Crippen LogP contribution is 2.20. The van der Waals surface area contributed by atoms with Gasteiger partial charge in [-0.3, -0.25) is 14.7 Å². The first-order chi connectivity index (χ1) is 11.3. The van der Waals surface area contributed by atoms with Crippen molar-refractivity contribution in [3.63, 3.8) is 0 Å². The third-order valence-corrected chi connectivity index (χ3v) is 4.76. The second kappa shape index (κ2) is 7.75. The number of anilines is 1. The van der Waals surface area contributed by atoms with E-state index in [1.807, 2.05) is 23.4 Å². The number of methoxy groups -OCH3 is 1. The average Bonchev–Trinajstić information content (AvgIpc) is 2.94. The van der Waals surface area contributed by atoms with Crippen molar-refractivity contribution in [2.45, 2.75) is 6.42 Å². The average molecular weight is 318 g/mol. The fraction of sp³-hybridized carbons (Fsp3) is 0.647. The Morgan fingerprint density at radius 2 is 2.13 bits per heavy atom. The van der Waals surface area contributed by atoms with Crippen molar-refractivity contribution >= 4 is 11.6 Å². The van der Waals surface area contributed by atoms with Gasteiger partial charge >= 0.3 is 0 Å². The van der Waals surface area contributed by atoms with Crippen LogP contribution in [0, 0.1) is 5.92 Å². The molecular weight excluding hydrogens is 292 g/mol. The zero-order valence-corrected chi connectivity index (χ0v) is 13.9. The van der Waals surface area contributed by atoms with Crippen molar-refractivity contribution in [3.05, 3.63) is 24.5 Å². The number of ether oxygens (including phenoxy) is 1. The largest absolute Gasteiger partial charge is 0.383 e. The number of amides is 1. The molecule has 0 radical (unpaired) electrons. The minimum Gasteiger partial charge on any atom is -0.383 e. The molecule has 0 bridgehead atoms. The summed E-state index contributed by atoms with van der Waals surface area (Å²) in [6.45, 7) is 7.42. The van der Waals surface area contributed by atoms with Gasteiger partial charge < -0.3 is 14.5 Å². The van der Waals surface area contributed by atoms with Gasteiger partial charge in [-0.05, 0) is 18.1 Å². The molecule has 126 valence electrons. The van der Waals surface area contributed by atoms with Crippen LogP contribution in [0.25, 0.3) is 0 Å². The number of likely N-dealkylation sites (tertiary alicyclic amines) is 1. The van der Waals surface area contributed by atoms with E-state index in [2.05, 4.69) is 20.9 Å². The Bertz CT molecular complexity index is 503. The summed E-state index contributed by atoms with van der Waals surface area (Å²) >= 11 is 0. The molecule has 6 heteroatoms. The summed E-state index contributed by atoms with van der Waals surface area (Å²) in [6.07, 6.45) is 4.43. The number of hydrogen-bond donors (Lipinski definition) is 0. The van der Waals surface area contributed by atoms with Gasteiger partial charge in [-0.1, -0.05) is 0 Å². The van der Waals surface area contributed by atoms with E-state index >= 15 is 0 Å². The Morgan fingerprint density at radius 3 is 2.83 bits per heavy atom. The number of aromatic nitrogens is 1. The smallest absolute Gasteiger partial charge is 0.223 e. The third-order valence-electron chi connectivity index (χ3n) is 4.76. The predicted octanol–water partition coefficient (Wildman–Crippen LogP) is 0.699. The van der Waals surface area contributed by atoms with E-state index in [0.29, 0.717) is 18.9 Å². The number of nitrogens with zero attached hydrogens (tertiary/aromatic N) is 4. The Kier molecular flexibility index (Phi) is 5.46. The van der Waals surface area contributed by atoms with E-state index in [0.717, 1.165) is 45.8 Å². The molecule has 1 aromatic rings. The minimum atomic E-state index is 0.279. The van der Waals surface area contributed by atoms with Crippen LogP contribution in [0.5, 0.6) is 0 Å². The highest BCUT2D eigenvalue weighted by atomic mass is 16.5. The number of pyridine rings is 1. The molecule has 2 saturated heterocycles. The van der Waals surface area contributed by atoms with E-state index in [1.165, 1.54) is 5.69 Å². The van der Waals surface area contributed by atoms with Gasteiger partial charge in [0.1, 0.15) is 0 Å². The van der Waals surface area contributed by atoms with E-state index in [-0.39, 0.29) is 5.91 Å². The van der Waals surface area contributed by atoms with Gasteiger partial charge in [0.25, 0.3) is 0 Å². The second-order valence-electron chi connectivity index (χ2n) is 6.40. The second-order valence-corrected chi connectivity index (χ2v) is 6.40. The van der Waals surface area contributed by atoms with Crippen LogP contribution in [0.3, 0.4) is 0 Å². The first kappa shape index (κ1) is 16.2. The fourth-order valence-corrected chi connectivity index (χ4v) is 3.49. The lowest BCUT2D eigenvalue weighted by molar-refractivity contribution is -0.128. The van der Waals surface area contributed by atoms with Crippen LogP contribution in [0.1, 0.15) is 6.42 Å². The maximum absolute atomic E-state index is 12.0. The summed E-state index contributed by atoms with van der Waals surface area (Å²) in [5.41, 5.74) is 1.20. The van der Waals surface area contributed by atoms with Crippen LogP contribution >= 0.6 is 0 Å². The Morgan fingerprint density at radius 1 is 1.30 bits per heavy atom. The van der Waals surface area contributed by atoms with E-state index in [1.54, 1.807) is 7.11 Å².